The van der Waals surface area contributed by atoms with Crippen LogP contribution in [0.2, 0.25) is 0 Å². The summed E-state index contributed by atoms with van der Waals surface area (Å²) < 4.78 is 0. The van der Waals surface area contributed by atoms with Crippen LogP contribution in [-0.4, -0.2) is 42.1 Å². The molecule has 2 aliphatic heterocycles. The first-order chi connectivity index (χ1) is 13.2. The Bertz CT molecular complexity index is 872. The minimum absolute atomic E-state index is 0. The fourth-order valence-electron chi connectivity index (χ4n) is 3.60. The van der Waals surface area contributed by atoms with Gasteiger partial charge in [-0.2, -0.15) is 0 Å². The second kappa shape index (κ2) is 8.99. The predicted octanol–water partition coefficient (Wildman–Crippen LogP) is 3.50. The molecule has 0 radical (unpaired) electrons. The molecule has 0 spiro atoms. The zero-order chi connectivity index (χ0) is 18.8. The second-order valence-corrected chi connectivity index (χ2v) is 7.88. The van der Waals surface area contributed by atoms with Crippen molar-refractivity contribution >= 4 is 41.7 Å². The quantitative estimate of drug-likeness (QED) is 0.802. The summed E-state index contributed by atoms with van der Waals surface area (Å²) in [5.41, 5.74) is 3.80. The summed E-state index contributed by atoms with van der Waals surface area (Å²) >= 11 is 1.51. The number of rotatable bonds is 3. The lowest BCUT2D eigenvalue weighted by Crippen LogP contribution is -2.48. The molecule has 2 amide bonds. The van der Waals surface area contributed by atoms with Crippen LogP contribution in [0, 0.1) is 0 Å². The Hall–Kier alpha value is -2.02. The van der Waals surface area contributed by atoms with E-state index >= 15 is 0 Å². The number of carbonyl (C=O) groups excluding carboxylic acids is 2. The fraction of sp³-hybridized carbons (Fsp3) is 0.333. The molecule has 0 aromatic heterocycles. The highest BCUT2D eigenvalue weighted by atomic mass is 35.5. The lowest BCUT2D eigenvalue weighted by Gasteiger charge is -2.37. The summed E-state index contributed by atoms with van der Waals surface area (Å²) in [6.45, 7) is 4.33. The maximum atomic E-state index is 13.3. The summed E-state index contributed by atoms with van der Waals surface area (Å²) in [5, 5.41) is 6.27. The summed E-state index contributed by atoms with van der Waals surface area (Å²) in [5.74, 6) is 0.412. The number of benzene rings is 2. The van der Waals surface area contributed by atoms with E-state index in [4.69, 9.17) is 0 Å². The molecule has 2 aromatic rings. The van der Waals surface area contributed by atoms with Crippen LogP contribution in [0.3, 0.4) is 0 Å². The molecule has 2 aromatic carbocycles. The number of piperazine rings is 1. The summed E-state index contributed by atoms with van der Waals surface area (Å²) in [6, 6.07) is 14.1. The third-order valence-corrected chi connectivity index (χ3v) is 6.21. The Balaban J connectivity index is 0.00000225. The number of aryl methyl sites for hydroxylation is 1. The summed E-state index contributed by atoms with van der Waals surface area (Å²) in [7, 11) is 0. The summed E-state index contributed by atoms with van der Waals surface area (Å²) in [4.78, 5) is 27.9. The predicted molar refractivity (Wildman–Crippen MR) is 116 cm³/mol. The normalized spacial score (nSPS) is 18.7. The van der Waals surface area contributed by atoms with Gasteiger partial charge in [0, 0.05) is 30.1 Å². The third-order valence-electron chi connectivity index (χ3n) is 5.14. The van der Waals surface area contributed by atoms with Gasteiger partial charge < -0.3 is 15.5 Å². The molecule has 4 rings (SSSR count). The molecule has 1 saturated heterocycles. The average Bonchev–Trinajstić information content (AvgIpc) is 2.72. The van der Waals surface area contributed by atoms with Crippen molar-refractivity contribution in [1.29, 1.82) is 0 Å². The highest BCUT2D eigenvalue weighted by molar-refractivity contribution is 8.00. The van der Waals surface area contributed by atoms with Gasteiger partial charge in [0.15, 0.2) is 0 Å². The van der Waals surface area contributed by atoms with Crippen LogP contribution in [0.4, 0.5) is 5.69 Å². The monoisotopic (exact) mass is 417 g/mol. The van der Waals surface area contributed by atoms with Crippen molar-refractivity contribution in [2.75, 3.05) is 30.7 Å². The number of halogens is 1. The fourth-order valence-corrected chi connectivity index (χ4v) is 4.39. The first kappa shape index (κ1) is 20.7. The van der Waals surface area contributed by atoms with Crippen LogP contribution in [0.5, 0.6) is 0 Å². The Kier molecular flexibility index (Phi) is 6.65. The zero-order valence-corrected chi connectivity index (χ0v) is 17.4. The molecule has 7 heteroatoms. The van der Waals surface area contributed by atoms with Gasteiger partial charge in [-0.05, 0) is 35.7 Å². The lowest BCUT2D eigenvalue weighted by atomic mass is 10.00. The van der Waals surface area contributed by atoms with Crippen LogP contribution in [-0.2, 0) is 11.2 Å². The number of nitrogens with zero attached hydrogens (tertiary/aromatic N) is 1. The van der Waals surface area contributed by atoms with Crippen LogP contribution in [0.1, 0.15) is 34.5 Å². The number of amides is 2. The van der Waals surface area contributed by atoms with Gasteiger partial charge in [-0.15, -0.1) is 24.2 Å². The number of fused-ring (bicyclic) bond motifs is 1. The molecular formula is C21H24ClN3O2S. The number of thioether (sulfide) groups is 1. The average molecular weight is 418 g/mol. The van der Waals surface area contributed by atoms with Crippen LogP contribution in [0.25, 0.3) is 0 Å². The minimum atomic E-state index is -0.0202. The van der Waals surface area contributed by atoms with E-state index in [0.717, 1.165) is 35.7 Å². The van der Waals surface area contributed by atoms with Crippen molar-refractivity contribution in [3.8, 4) is 0 Å². The van der Waals surface area contributed by atoms with Gasteiger partial charge in [-0.1, -0.05) is 31.2 Å². The maximum absolute atomic E-state index is 13.3. The molecule has 2 heterocycles. The highest BCUT2D eigenvalue weighted by Gasteiger charge is 2.29. The van der Waals surface area contributed by atoms with E-state index in [9.17, 15) is 9.59 Å². The van der Waals surface area contributed by atoms with E-state index in [1.54, 1.807) is 6.07 Å². The number of anilines is 1. The largest absolute Gasteiger partial charge is 0.329 e. The molecule has 2 N–H and O–H groups in total. The van der Waals surface area contributed by atoms with Gasteiger partial charge in [0.05, 0.1) is 17.5 Å². The molecular weight excluding hydrogens is 394 g/mol. The Morgan fingerprint density at radius 1 is 1.21 bits per heavy atom. The van der Waals surface area contributed by atoms with Crippen molar-refractivity contribution in [2.45, 2.75) is 24.3 Å². The molecule has 0 bridgehead atoms. The van der Waals surface area contributed by atoms with Crippen LogP contribution in [0.15, 0.2) is 47.4 Å². The third kappa shape index (κ3) is 4.19. The van der Waals surface area contributed by atoms with Gasteiger partial charge in [-0.3, -0.25) is 9.59 Å². The smallest absolute Gasteiger partial charge is 0.254 e. The molecule has 1 atom stereocenters. The molecule has 0 saturated carbocycles. The van der Waals surface area contributed by atoms with E-state index < -0.39 is 0 Å². The van der Waals surface area contributed by atoms with Crippen molar-refractivity contribution in [2.24, 2.45) is 0 Å². The van der Waals surface area contributed by atoms with E-state index in [0.29, 0.717) is 17.9 Å². The molecule has 0 aliphatic carbocycles. The number of carbonyl (C=O) groups is 2. The van der Waals surface area contributed by atoms with Crippen molar-refractivity contribution in [3.63, 3.8) is 0 Å². The zero-order valence-electron chi connectivity index (χ0n) is 15.7. The van der Waals surface area contributed by atoms with Gasteiger partial charge in [-0.25, -0.2) is 0 Å². The first-order valence-electron chi connectivity index (χ1n) is 9.33. The minimum Gasteiger partial charge on any atom is -0.329 e. The van der Waals surface area contributed by atoms with Crippen molar-refractivity contribution < 1.29 is 9.59 Å². The van der Waals surface area contributed by atoms with Gasteiger partial charge in [0.2, 0.25) is 5.91 Å². The number of nitrogens with one attached hydrogen (secondary N) is 2. The molecule has 1 unspecified atom stereocenters. The highest BCUT2D eigenvalue weighted by Crippen LogP contribution is 2.33. The Morgan fingerprint density at radius 2 is 2.00 bits per heavy atom. The maximum Gasteiger partial charge on any atom is 0.254 e. The van der Waals surface area contributed by atoms with Gasteiger partial charge >= 0.3 is 0 Å². The van der Waals surface area contributed by atoms with Crippen LogP contribution < -0.4 is 10.6 Å². The summed E-state index contributed by atoms with van der Waals surface area (Å²) in [6.07, 6.45) is 1.00. The number of hydrogen-bond acceptors (Lipinski definition) is 4. The topological polar surface area (TPSA) is 61.4 Å². The van der Waals surface area contributed by atoms with Gasteiger partial charge in [0.1, 0.15) is 0 Å². The van der Waals surface area contributed by atoms with Crippen molar-refractivity contribution in [1.82, 2.24) is 10.2 Å². The van der Waals surface area contributed by atoms with E-state index in [2.05, 4.69) is 41.8 Å². The molecule has 28 heavy (non-hydrogen) atoms. The van der Waals surface area contributed by atoms with Crippen molar-refractivity contribution in [3.05, 3.63) is 59.2 Å². The molecule has 1 fully saturated rings. The SMILES string of the molecule is CCc1ccc(C2CNCCN2C(=O)c2ccc3c(c2)NC(=O)CS3)cc1.Cl. The Labute approximate surface area is 175 Å². The molecule has 2 aliphatic rings. The van der Waals surface area contributed by atoms with E-state index in [1.807, 2.05) is 17.0 Å². The van der Waals surface area contributed by atoms with E-state index in [-0.39, 0.29) is 30.3 Å². The molecule has 148 valence electrons. The first-order valence-corrected chi connectivity index (χ1v) is 10.3. The van der Waals surface area contributed by atoms with E-state index in [1.165, 1.54) is 17.3 Å². The molecule has 5 nitrogen and oxygen atoms in total. The van der Waals surface area contributed by atoms with Gasteiger partial charge in [0.25, 0.3) is 5.91 Å². The second-order valence-electron chi connectivity index (χ2n) is 6.86. The van der Waals surface area contributed by atoms with Crippen LogP contribution >= 0.6 is 24.2 Å². The lowest BCUT2D eigenvalue weighted by molar-refractivity contribution is -0.113. The Morgan fingerprint density at radius 3 is 2.75 bits per heavy atom. The standard InChI is InChI=1S/C21H23N3O2S.ClH/c1-2-14-3-5-15(6-4-14)18-12-22-9-10-24(18)21(26)16-7-8-19-17(11-16)23-20(25)13-27-19;/h3-8,11,18,22H,2,9-10,12-13H2,1H3,(H,23,25);1H. The number of hydrogen-bond donors (Lipinski definition) is 2.